The lowest BCUT2D eigenvalue weighted by Gasteiger charge is -2.31. The summed E-state index contributed by atoms with van der Waals surface area (Å²) in [6.07, 6.45) is 9.23. The van der Waals surface area contributed by atoms with E-state index < -0.39 is 0 Å². The molecule has 0 bridgehead atoms. The molecule has 1 aliphatic heterocycles. The molecule has 4 nitrogen and oxygen atoms in total. The van der Waals surface area contributed by atoms with Crippen LogP contribution >= 0.6 is 0 Å². The van der Waals surface area contributed by atoms with Crippen LogP contribution in [0, 0.1) is 11.7 Å². The fourth-order valence-corrected chi connectivity index (χ4v) is 3.18. The first kappa shape index (κ1) is 20.1. The third-order valence-corrected chi connectivity index (χ3v) is 4.70. The summed E-state index contributed by atoms with van der Waals surface area (Å²) in [4.78, 5) is 26.4. The van der Waals surface area contributed by atoms with Gasteiger partial charge in [0, 0.05) is 25.7 Å². The van der Waals surface area contributed by atoms with Crippen molar-refractivity contribution in [1.29, 1.82) is 0 Å². The van der Waals surface area contributed by atoms with Crippen molar-refractivity contribution in [2.75, 3.05) is 19.6 Å². The van der Waals surface area contributed by atoms with Crippen LogP contribution in [0.5, 0.6) is 0 Å². The van der Waals surface area contributed by atoms with Gasteiger partial charge in [0.15, 0.2) is 0 Å². The van der Waals surface area contributed by atoms with Crippen molar-refractivity contribution in [3.63, 3.8) is 0 Å². The van der Waals surface area contributed by atoms with Crippen LogP contribution in [0.15, 0.2) is 30.3 Å². The van der Waals surface area contributed by atoms with Crippen LogP contribution in [-0.4, -0.2) is 36.3 Å². The number of unbranched alkanes of at least 4 members (excludes halogenated alkanes) is 3. The predicted molar refractivity (Wildman–Crippen MR) is 102 cm³/mol. The largest absolute Gasteiger partial charge is 0.356 e. The molecule has 0 aliphatic carbocycles. The Labute approximate surface area is 155 Å². The Hall–Kier alpha value is -2.17. The number of nitrogens with one attached hydrogen (secondary N) is 1. The topological polar surface area (TPSA) is 49.4 Å². The highest BCUT2D eigenvalue weighted by Gasteiger charge is 2.27. The molecule has 5 heteroatoms. The first-order chi connectivity index (χ1) is 12.6. The molecule has 1 unspecified atom stereocenters. The second-order valence-electron chi connectivity index (χ2n) is 6.86. The molecule has 0 saturated carbocycles. The van der Waals surface area contributed by atoms with Gasteiger partial charge in [-0.2, -0.15) is 0 Å². The van der Waals surface area contributed by atoms with Crippen molar-refractivity contribution in [2.45, 2.75) is 45.4 Å². The highest BCUT2D eigenvalue weighted by Crippen LogP contribution is 2.17. The summed E-state index contributed by atoms with van der Waals surface area (Å²) >= 11 is 0. The Morgan fingerprint density at radius 1 is 1.31 bits per heavy atom. The Morgan fingerprint density at radius 3 is 2.92 bits per heavy atom. The molecule has 142 valence electrons. The number of amides is 2. The zero-order valence-corrected chi connectivity index (χ0v) is 15.5. The Bertz CT molecular complexity index is 630. The highest BCUT2D eigenvalue weighted by atomic mass is 19.1. The van der Waals surface area contributed by atoms with Gasteiger partial charge in [0.25, 0.3) is 0 Å². The van der Waals surface area contributed by atoms with E-state index in [1.165, 1.54) is 31.1 Å². The molecule has 1 aromatic rings. The van der Waals surface area contributed by atoms with Crippen LogP contribution in [0.4, 0.5) is 4.39 Å². The third-order valence-electron chi connectivity index (χ3n) is 4.70. The van der Waals surface area contributed by atoms with Gasteiger partial charge in [0.1, 0.15) is 5.82 Å². The van der Waals surface area contributed by atoms with Gasteiger partial charge in [-0.1, -0.05) is 38.3 Å². The number of likely N-dealkylation sites (tertiary alicyclic amines) is 1. The molecule has 1 N–H and O–H groups in total. The Balaban J connectivity index is 1.81. The molecule has 1 aliphatic rings. The molecule has 2 amide bonds. The number of carbonyl (C=O) groups is 2. The van der Waals surface area contributed by atoms with E-state index in [1.807, 2.05) is 0 Å². The number of hydrogen-bond acceptors (Lipinski definition) is 2. The summed E-state index contributed by atoms with van der Waals surface area (Å²) in [5.74, 6) is -0.544. The SMILES string of the molecule is CCCCCCNC(=O)C1CCCN(C(=O)C=Cc2cccc(F)c2)C1. The maximum Gasteiger partial charge on any atom is 0.246 e. The van der Waals surface area contributed by atoms with Crippen molar-refractivity contribution in [2.24, 2.45) is 5.92 Å². The number of nitrogens with zero attached hydrogens (tertiary/aromatic N) is 1. The average Bonchev–Trinajstić information content (AvgIpc) is 2.66. The van der Waals surface area contributed by atoms with Crippen LogP contribution in [0.25, 0.3) is 6.08 Å². The summed E-state index contributed by atoms with van der Waals surface area (Å²) in [6, 6.07) is 6.11. The summed E-state index contributed by atoms with van der Waals surface area (Å²) < 4.78 is 13.2. The summed E-state index contributed by atoms with van der Waals surface area (Å²) in [5.41, 5.74) is 0.650. The normalized spacial score (nSPS) is 17.5. The average molecular weight is 360 g/mol. The van der Waals surface area contributed by atoms with Gasteiger partial charge in [-0.25, -0.2) is 4.39 Å². The van der Waals surface area contributed by atoms with E-state index in [9.17, 15) is 14.0 Å². The molecular weight excluding hydrogens is 331 g/mol. The number of carbonyl (C=O) groups excluding carboxylic acids is 2. The van der Waals surface area contributed by atoms with Gasteiger partial charge in [-0.15, -0.1) is 0 Å². The molecule has 2 rings (SSSR count). The monoisotopic (exact) mass is 360 g/mol. The summed E-state index contributed by atoms with van der Waals surface area (Å²) in [7, 11) is 0. The third kappa shape index (κ3) is 6.62. The van der Waals surface area contributed by atoms with Crippen LogP contribution < -0.4 is 5.32 Å². The van der Waals surface area contributed by atoms with E-state index >= 15 is 0 Å². The van der Waals surface area contributed by atoms with E-state index in [-0.39, 0.29) is 23.5 Å². The molecule has 0 aromatic heterocycles. The lowest BCUT2D eigenvalue weighted by Crippen LogP contribution is -2.45. The minimum absolute atomic E-state index is 0.0492. The van der Waals surface area contributed by atoms with Gasteiger partial charge in [0.2, 0.25) is 11.8 Å². The number of piperidine rings is 1. The maximum atomic E-state index is 13.2. The minimum Gasteiger partial charge on any atom is -0.356 e. The molecule has 1 saturated heterocycles. The smallest absolute Gasteiger partial charge is 0.246 e. The first-order valence-corrected chi connectivity index (χ1v) is 9.60. The van der Waals surface area contributed by atoms with Crippen molar-refractivity contribution in [1.82, 2.24) is 10.2 Å². The highest BCUT2D eigenvalue weighted by molar-refractivity contribution is 5.92. The molecule has 0 spiro atoms. The number of halogens is 1. The van der Waals surface area contributed by atoms with Gasteiger partial charge in [-0.3, -0.25) is 9.59 Å². The van der Waals surface area contributed by atoms with E-state index in [4.69, 9.17) is 0 Å². The zero-order valence-electron chi connectivity index (χ0n) is 15.5. The van der Waals surface area contributed by atoms with Crippen molar-refractivity contribution in [3.8, 4) is 0 Å². The molecule has 0 radical (unpaired) electrons. The lowest BCUT2D eigenvalue weighted by atomic mass is 9.97. The molecule has 1 fully saturated rings. The number of benzene rings is 1. The number of hydrogen-bond donors (Lipinski definition) is 1. The van der Waals surface area contributed by atoms with Crippen molar-refractivity contribution in [3.05, 3.63) is 41.7 Å². The van der Waals surface area contributed by atoms with Crippen LogP contribution in [-0.2, 0) is 9.59 Å². The molecule has 1 atom stereocenters. The molecule has 26 heavy (non-hydrogen) atoms. The fourth-order valence-electron chi connectivity index (χ4n) is 3.18. The first-order valence-electron chi connectivity index (χ1n) is 9.60. The van der Waals surface area contributed by atoms with Crippen molar-refractivity contribution >= 4 is 17.9 Å². The number of rotatable bonds is 8. The Kier molecular flexibility index (Phi) is 8.32. The maximum absolute atomic E-state index is 13.2. The van der Waals surface area contributed by atoms with Crippen molar-refractivity contribution < 1.29 is 14.0 Å². The zero-order chi connectivity index (χ0) is 18.8. The Morgan fingerprint density at radius 2 is 2.15 bits per heavy atom. The van der Waals surface area contributed by atoms with E-state index in [2.05, 4.69) is 12.2 Å². The second-order valence-corrected chi connectivity index (χ2v) is 6.86. The lowest BCUT2D eigenvalue weighted by molar-refractivity contribution is -0.132. The fraction of sp³-hybridized carbons (Fsp3) is 0.524. The van der Waals surface area contributed by atoms with Gasteiger partial charge in [0.05, 0.1) is 5.92 Å². The van der Waals surface area contributed by atoms with E-state index in [0.29, 0.717) is 25.2 Å². The van der Waals surface area contributed by atoms with E-state index in [1.54, 1.807) is 23.1 Å². The summed E-state index contributed by atoms with van der Waals surface area (Å²) in [5, 5.41) is 3.00. The molecule has 1 aromatic carbocycles. The summed E-state index contributed by atoms with van der Waals surface area (Å²) in [6.45, 7) is 3.98. The molecule has 1 heterocycles. The van der Waals surface area contributed by atoms with E-state index in [0.717, 1.165) is 25.7 Å². The van der Waals surface area contributed by atoms with Crippen LogP contribution in [0.3, 0.4) is 0 Å². The van der Waals surface area contributed by atoms with Gasteiger partial charge < -0.3 is 10.2 Å². The predicted octanol–water partition coefficient (Wildman–Crippen LogP) is 3.77. The van der Waals surface area contributed by atoms with Crippen LogP contribution in [0.2, 0.25) is 0 Å². The van der Waals surface area contributed by atoms with Gasteiger partial charge in [-0.05, 0) is 43.0 Å². The quantitative estimate of drug-likeness (QED) is 0.567. The minimum atomic E-state index is -0.326. The van der Waals surface area contributed by atoms with Crippen LogP contribution in [0.1, 0.15) is 51.0 Å². The standard InChI is InChI=1S/C21H29FN2O2/c1-2-3-4-5-13-23-21(26)18-9-7-14-24(16-18)20(25)12-11-17-8-6-10-19(22)15-17/h6,8,10-12,15,18H,2-5,7,9,13-14,16H2,1H3,(H,23,26). The second kappa shape index (κ2) is 10.7. The molecular formula is C21H29FN2O2. The van der Waals surface area contributed by atoms with Gasteiger partial charge >= 0.3 is 0 Å².